The van der Waals surface area contributed by atoms with Gasteiger partial charge >= 0.3 is 0 Å². The summed E-state index contributed by atoms with van der Waals surface area (Å²) in [5.74, 6) is 0.152. The zero-order chi connectivity index (χ0) is 14.0. The highest BCUT2D eigenvalue weighted by Gasteiger charge is 2.31. The molecule has 2 rings (SSSR count). The normalized spacial score (nSPS) is 14.7. The van der Waals surface area contributed by atoms with E-state index in [1.54, 1.807) is 0 Å². The number of amides is 1. The van der Waals surface area contributed by atoms with E-state index < -0.39 is 0 Å². The van der Waals surface area contributed by atoms with Gasteiger partial charge in [0.15, 0.2) is 0 Å². The van der Waals surface area contributed by atoms with E-state index in [1.165, 1.54) is 5.56 Å². The number of carbonyl (C=O) groups is 1. The van der Waals surface area contributed by atoms with Gasteiger partial charge in [0.2, 0.25) is 5.91 Å². The number of aliphatic hydroxyl groups is 1. The fourth-order valence-electron chi connectivity index (χ4n) is 2.56. The van der Waals surface area contributed by atoms with Crippen LogP contribution in [-0.4, -0.2) is 44.9 Å². The van der Waals surface area contributed by atoms with Crippen LogP contribution in [0.2, 0.25) is 0 Å². The van der Waals surface area contributed by atoms with Gasteiger partial charge in [-0.1, -0.05) is 0 Å². The second-order valence-electron chi connectivity index (χ2n) is 5.31. The van der Waals surface area contributed by atoms with Crippen LogP contribution >= 0.6 is 0 Å². The Kier molecular flexibility index (Phi) is 4.24. The molecule has 0 aliphatic heterocycles. The van der Waals surface area contributed by atoms with Gasteiger partial charge in [0, 0.05) is 31.7 Å². The van der Waals surface area contributed by atoms with Crippen molar-refractivity contribution in [2.75, 3.05) is 13.2 Å². The van der Waals surface area contributed by atoms with E-state index in [0.29, 0.717) is 19.0 Å². The first-order chi connectivity index (χ1) is 9.04. The number of aliphatic hydroxyl groups excluding tert-OH is 1. The van der Waals surface area contributed by atoms with Gasteiger partial charge in [0.1, 0.15) is 0 Å². The molecular weight excluding hydrogens is 242 g/mol. The maximum atomic E-state index is 12.2. The molecule has 1 fully saturated rings. The van der Waals surface area contributed by atoms with Crippen LogP contribution in [0.5, 0.6) is 0 Å². The predicted molar refractivity (Wildman–Crippen MR) is 72.8 cm³/mol. The van der Waals surface area contributed by atoms with Crippen LogP contribution in [-0.2, 0) is 18.3 Å². The minimum absolute atomic E-state index is 0.0488. The molecule has 19 heavy (non-hydrogen) atoms. The van der Waals surface area contributed by atoms with Crippen LogP contribution in [0.1, 0.15) is 36.2 Å². The van der Waals surface area contributed by atoms with Gasteiger partial charge in [-0.3, -0.25) is 9.48 Å². The Morgan fingerprint density at radius 1 is 1.47 bits per heavy atom. The van der Waals surface area contributed by atoms with E-state index in [-0.39, 0.29) is 12.5 Å². The summed E-state index contributed by atoms with van der Waals surface area (Å²) in [5, 5.41) is 13.4. The van der Waals surface area contributed by atoms with Gasteiger partial charge in [-0.2, -0.15) is 5.10 Å². The Balaban J connectivity index is 1.95. The number of hydrogen-bond donors (Lipinski definition) is 1. The molecule has 106 valence electrons. The summed E-state index contributed by atoms with van der Waals surface area (Å²) < 4.78 is 1.86. The van der Waals surface area contributed by atoms with Gasteiger partial charge in [0.05, 0.1) is 12.3 Å². The molecule has 1 aromatic rings. The van der Waals surface area contributed by atoms with Crippen molar-refractivity contribution >= 4 is 5.91 Å². The standard InChI is InChI=1S/C14H23N3O2/c1-10-13(11(2)16(3)15-10)6-7-14(19)17(8-9-18)12-4-5-12/h12,18H,4-9H2,1-3H3. The van der Waals surface area contributed by atoms with E-state index in [4.69, 9.17) is 5.11 Å². The minimum atomic E-state index is 0.0488. The molecule has 5 nitrogen and oxygen atoms in total. The van der Waals surface area contributed by atoms with Crippen LogP contribution in [0.25, 0.3) is 0 Å². The van der Waals surface area contributed by atoms with E-state index >= 15 is 0 Å². The summed E-state index contributed by atoms with van der Waals surface area (Å²) in [6.45, 7) is 4.53. The van der Waals surface area contributed by atoms with E-state index in [9.17, 15) is 4.79 Å². The van der Waals surface area contributed by atoms with Crippen LogP contribution in [0.15, 0.2) is 0 Å². The SMILES string of the molecule is Cc1nn(C)c(C)c1CCC(=O)N(CCO)C1CC1. The van der Waals surface area contributed by atoms with Crippen molar-refractivity contribution < 1.29 is 9.90 Å². The molecule has 1 amide bonds. The van der Waals surface area contributed by atoms with Crippen LogP contribution in [0.4, 0.5) is 0 Å². The Morgan fingerprint density at radius 2 is 2.16 bits per heavy atom. The van der Waals surface area contributed by atoms with Crippen molar-refractivity contribution in [3.05, 3.63) is 17.0 Å². The molecule has 0 atom stereocenters. The molecule has 1 heterocycles. The molecular formula is C14H23N3O2. The highest BCUT2D eigenvalue weighted by molar-refractivity contribution is 5.77. The number of carbonyl (C=O) groups excluding carboxylic acids is 1. The molecule has 1 saturated carbocycles. The van der Waals surface area contributed by atoms with Crippen LogP contribution in [0.3, 0.4) is 0 Å². The number of nitrogens with zero attached hydrogens (tertiary/aromatic N) is 3. The third-order valence-electron chi connectivity index (χ3n) is 3.90. The average molecular weight is 265 g/mol. The molecule has 0 saturated heterocycles. The van der Waals surface area contributed by atoms with Crippen molar-refractivity contribution in [2.45, 2.75) is 45.6 Å². The second kappa shape index (κ2) is 5.74. The summed E-state index contributed by atoms with van der Waals surface area (Å²) in [7, 11) is 1.93. The summed E-state index contributed by atoms with van der Waals surface area (Å²) in [4.78, 5) is 14.0. The van der Waals surface area contributed by atoms with E-state index in [0.717, 1.165) is 30.7 Å². The lowest BCUT2D eigenvalue weighted by molar-refractivity contribution is -0.132. The van der Waals surface area contributed by atoms with E-state index in [2.05, 4.69) is 5.10 Å². The Bertz CT molecular complexity index is 464. The third-order valence-corrected chi connectivity index (χ3v) is 3.90. The summed E-state index contributed by atoms with van der Waals surface area (Å²) in [6, 6.07) is 0.371. The first-order valence-electron chi connectivity index (χ1n) is 6.94. The number of aryl methyl sites for hydroxylation is 2. The lowest BCUT2D eigenvalue weighted by Gasteiger charge is -2.21. The maximum Gasteiger partial charge on any atom is 0.223 e. The largest absolute Gasteiger partial charge is 0.395 e. The van der Waals surface area contributed by atoms with Crippen molar-refractivity contribution in [3.8, 4) is 0 Å². The summed E-state index contributed by atoms with van der Waals surface area (Å²) in [5.41, 5.74) is 3.31. The zero-order valence-corrected chi connectivity index (χ0v) is 12.0. The second-order valence-corrected chi connectivity index (χ2v) is 5.31. The Hall–Kier alpha value is -1.36. The number of rotatable bonds is 6. The number of aromatic nitrogens is 2. The van der Waals surface area contributed by atoms with Crippen LogP contribution in [0, 0.1) is 13.8 Å². The first-order valence-corrected chi connectivity index (χ1v) is 6.94. The fourth-order valence-corrected chi connectivity index (χ4v) is 2.56. The molecule has 5 heteroatoms. The van der Waals surface area contributed by atoms with Crippen molar-refractivity contribution in [2.24, 2.45) is 7.05 Å². The van der Waals surface area contributed by atoms with Crippen molar-refractivity contribution in [1.29, 1.82) is 0 Å². The molecule has 1 aliphatic carbocycles. The quantitative estimate of drug-likeness (QED) is 0.833. The van der Waals surface area contributed by atoms with E-state index in [1.807, 2.05) is 30.5 Å². The molecule has 0 radical (unpaired) electrons. The number of hydrogen-bond acceptors (Lipinski definition) is 3. The molecule has 0 bridgehead atoms. The van der Waals surface area contributed by atoms with Crippen molar-refractivity contribution in [3.63, 3.8) is 0 Å². The Labute approximate surface area is 114 Å². The minimum Gasteiger partial charge on any atom is -0.395 e. The van der Waals surface area contributed by atoms with Crippen molar-refractivity contribution in [1.82, 2.24) is 14.7 Å². The topological polar surface area (TPSA) is 58.4 Å². The molecule has 1 aromatic heterocycles. The molecule has 0 unspecified atom stereocenters. The van der Waals surface area contributed by atoms with Gasteiger partial charge in [-0.25, -0.2) is 0 Å². The van der Waals surface area contributed by atoms with Gasteiger partial charge in [0.25, 0.3) is 0 Å². The maximum absolute atomic E-state index is 12.2. The Morgan fingerprint density at radius 3 is 2.63 bits per heavy atom. The molecule has 0 spiro atoms. The lowest BCUT2D eigenvalue weighted by Crippen LogP contribution is -2.35. The van der Waals surface area contributed by atoms with Crippen LogP contribution < -0.4 is 0 Å². The smallest absolute Gasteiger partial charge is 0.223 e. The summed E-state index contributed by atoms with van der Waals surface area (Å²) in [6.07, 6.45) is 3.40. The monoisotopic (exact) mass is 265 g/mol. The molecule has 1 aliphatic rings. The third kappa shape index (κ3) is 3.15. The lowest BCUT2D eigenvalue weighted by atomic mass is 10.1. The van der Waals surface area contributed by atoms with Gasteiger partial charge in [-0.15, -0.1) is 0 Å². The highest BCUT2D eigenvalue weighted by Crippen LogP contribution is 2.27. The first kappa shape index (κ1) is 14.1. The fraction of sp³-hybridized carbons (Fsp3) is 0.714. The zero-order valence-electron chi connectivity index (χ0n) is 12.0. The molecule has 0 aromatic carbocycles. The van der Waals surface area contributed by atoms with Gasteiger partial charge < -0.3 is 10.0 Å². The highest BCUT2D eigenvalue weighted by atomic mass is 16.3. The average Bonchev–Trinajstić information content (AvgIpc) is 3.15. The van der Waals surface area contributed by atoms with Gasteiger partial charge in [-0.05, 0) is 38.7 Å². The predicted octanol–water partition coefficient (Wildman–Crippen LogP) is 0.953. The molecule has 1 N–H and O–H groups in total. The summed E-state index contributed by atoms with van der Waals surface area (Å²) >= 11 is 0.